The summed E-state index contributed by atoms with van der Waals surface area (Å²) in [6.45, 7) is 4.40. The number of carbonyl (C=O) groups is 2. The van der Waals surface area contributed by atoms with Crippen LogP contribution in [0.3, 0.4) is 0 Å². The number of benzene rings is 2. The second kappa shape index (κ2) is 15.1. The van der Waals surface area contributed by atoms with E-state index in [0.29, 0.717) is 30.9 Å². The molecule has 2 aliphatic heterocycles. The maximum absolute atomic E-state index is 13.1. The zero-order valence-corrected chi connectivity index (χ0v) is 25.2. The fraction of sp³-hybridized carbons (Fsp3) is 0.441. The monoisotopic (exact) mass is 603 g/mol. The number of nitrogens with zero attached hydrogens (tertiary/aromatic N) is 1. The lowest BCUT2D eigenvalue weighted by Gasteiger charge is -2.29. The van der Waals surface area contributed by atoms with Crippen LogP contribution in [0.4, 0.5) is 4.79 Å². The minimum absolute atomic E-state index is 0.00479. The molecule has 2 amide bonds. The fourth-order valence-corrected chi connectivity index (χ4v) is 5.88. The van der Waals surface area contributed by atoms with Gasteiger partial charge in [0.1, 0.15) is 11.9 Å². The summed E-state index contributed by atoms with van der Waals surface area (Å²) in [6.07, 6.45) is 1.16. The molecule has 0 saturated carbocycles. The van der Waals surface area contributed by atoms with Crippen molar-refractivity contribution in [1.82, 2.24) is 15.6 Å². The van der Waals surface area contributed by atoms with Gasteiger partial charge in [-0.2, -0.15) is 0 Å². The second-order valence-corrected chi connectivity index (χ2v) is 11.5. The highest BCUT2D eigenvalue weighted by atomic mass is 16.7. The number of rotatable bonds is 13. The molecular formula is C34H41N3O7. The van der Waals surface area contributed by atoms with Gasteiger partial charge >= 0.3 is 6.09 Å². The molecule has 44 heavy (non-hydrogen) atoms. The van der Waals surface area contributed by atoms with E-state index in [4.69, 9.17) is 18.9 Å². The third-order valence-corrected chi connectivity index (χ3v) is 8.15. The fourth-order valence-electron chi connectivity index (χ4n) is 5.88. The van der Waals surface area contributed by atoms with E-state index in [1.165, 1.54) is 0 Å². The molecule has 3 aromatic rings. The molecule has 2 aromatic carbocycles. The van der Waals surface area contributed by atoms with Gasteiger partial charge in [-0.25, -0.2) is 4.79 Å². The Morgan fingerprint density at radius 2 is 1.68 bits per heavy atom. The van der Waals surface area contributed by atoms with Crippen molar-refractivity contribution < 1.29 is 33.6 Å². The van der Waals surface area contributed by atoms with E-state index in [1.54, 1.807) is 6.20 Å². The van der Waals surface area contributed by atoms with Gasteiger partial charge in [0.15, 0.2) is 12.9 Å². The topological polar surface area (TPSA) is 128 Å². The third kappa shape index (κ3) is 8.56. The van der Waals surface area contributed by atoms with Crippen LogP contribution < -0.4 is 15.4 Å². The van der Waals surface area contributed by atoms with Crippen molar-refractivity contribution in [2.75, 3.05) is 19.8 Å². The van der Waals surface area contributed by atoms with E-state index in [0.717, 1.165) is 23.1 Å². The number of amides is 2. The zero-order chi connectivity index (χ0) is 30.9. The van der Waals surface area contributed by atoms with Gasteiger partial charge in [0, 0.05) is 12.2 Å². The predicted octanol–water partition coefficient (Wildman–Crippen LogP) is 3.65. The molecule has 3 N–H and O–H groups in total. The van der Waals surface area contributed by atoms with Crippen molar-refractivity contribution in [2.45, 2.75) is 70.1 Å². The number of aliphatic hydroxyl groups is 1. The Hall–Kier alpha value is -3.99. The van der Waals surface area contributed by atoms with Crippen LogP contribution in [0.1, 0.15) is 35.2 Å². The van der Waals surface area contributed by atoms with Gasteiger partial charge < -0.3 is 34.7 Å². The van der Waals surface area contributed by atoms with Gasteiger partial charge in [-0.3, -0.25) is 9.78 Å². The van der Waals surface area contributed by atoms with Crippen molar-refractivity contribution >= 4 is 12.0 Å². The van der Waals surface area contributed by atoms with Crippen LogP contribution >= 0.6 is 0 Å². The maximum atomic E-state index is 13.1. The number of carbonyl (C=O) groups excluding carboxylic acids is 2. The SMILES string of the molecule is Cc1ccnc(C)c1OCC(=O)N[C@@H](Cc1ccccc1)C[C@H](O)[C@H](Cc1ccccc1)NC(=O)O[C@H]1CO[C@H]2OCC[C@H]21. The number of aliphatic hydroxyl groups excluding tert-OH is 1. The van der Waals surface area contributed by atoms with Crippen molar-refractivity contribution in [3.8, 4) is 5.75 Å². The van der Waals surface area contributed by atoms with E-state index in [-0.39, 0.29) is 37.7 Å². The average Bonchev–Trinajstić information content (AvgIpc) is 3.63. The molecule has 5 rings (SSSR count). The Kier molecular flexibility index (Phi) is 10.8. The molecular weight excluding hydrogens is 562 g/mol. The van der Waals surface area contributed by atoms with Crippen molar-refractivity contribution in [3.05, 3.63) is 95.3 Å². The summed E-state index contributed by atoms with van der Waals surface area (Å²) < 4.78 is 22.7. The van der Waals surface area contributed by atoms with Crippen LogP contribution in [0.15, 0.2) is 72.9 Å². The minimum atomic E-state index is -0.997. The van der Waals surface area contributed by atoms with Gasteiger partial charge in [-0.05, 0) is 62.3 Å². The Bertz CT molecular complexity index is 1350. The lowest BCUT2D eigenvalue weighted by Crippen LogP contribution is -2.50. The summed E-state index contributed by atoms with van der Waals surface area (Å²) in [6, 6.07) is 20.1. The molecule has 0 bridgehead atoms. The van der Waals surface area contributed by atoms with Gasteiger partial charge in [-0.1, -0.05) is 60.7 Å². The summed E-state index contributed by atoms with van der Waals surface area (Å²) in [7, 11) is 0. The van der Waals surface area contributed by atoms with Crippen LogP contribution in [0.2, 0.25) is 0 Å². The standard InChI is InChI=1S/C34H41N3O7/c1-22-13-15-35-23(2)32(22)42-21-31(39)36-26(17-24-9-5-3-6-10-24)19-29(38)28(18-25-11-7-4-8-12-25)37-34(40)44-30-20-43-33-27(30)14-16-41-33/h3-13,15,26-30,33,38H,14,16-21H2,1-2H3,(H,36,39)(H,37,40)/t26-,27-,28-,29-,30-,33+/m0/s1. The number of nitrogens with one attached hydrogen (secondary N) is 2. The first kappa shape index (κ1) is 31.4. The molecule has 2 saturated heterocycles. The molecule has 0 aliphatic carbocycles. The number of hydrogen-bond acceptors (Lipinski definition) is 8. The molecule has 10 heteroatoms. The van der Waals surface area contributed by atoms with Crippen LogP contribution in [0.25, 0.3) is 0 Å². The van der Waals surface area contributed by atoms with E-state index >= 15 is 0 Å². The van der Waals surface area contributed by atoms with Crippen LogP contribution in [-0.2, 0) is 31.8 Å². The summed E-state index contributed by atoms with van der Waals surface area (Å²) in [5, 5.41) is 17.5. The number of hydrogen-bond donors (Lipinski definition) is 3. The molecule has 0 radical (unpaired) electrons. The highest BCUT2D eigenvalue weighted by molar-refractivity contribution is 5.78. The van der Waals surface area contributed by atoms with Crippen LogP contribution in [0, 0.1) is 19.8 Å². The number of pyridine rings is 1. The molecule has 3 heterocycles. The number of fused-ring (bicyclic) bond motifs is 1. The molecule has 10 nitrogen and oxygen atoms in total. The van der Waals surface area contributed by atoms with Gasteiger partial charge in [0.2, 0.25) is 0 Å². The molecule has 6 atom stereocenters. The van der Waals surface area contributed by atoms with Gasteiger partial charge in [0.25, 0.3) is 5.91 Å². The number of aromatic nitrogens is 1. The first-order valence-electron chi connectivity index (χ1n) is 15.2. The maximum Gasteiger partial charge on any atom is 0.407 e. The quantitative estimate of drug-likeness (QED) is 0.270. The van der Waals surface area contributed by atoms with E-state index in [2.05, 4.69) is 15.6 Å². The lowest BCUT2D eigenvalue weighted by molar-refractivity contribution is -0.124. The molecule has 0 unspecified atom stereocenters. The minimum Gasteiger partial charge on any atom is -0.482 e. The Balaban J connectivity index is 1.26. The van der Waals surface area contributed by atoms with E-state index < -0.39 is 30.4 Å². The van der Waals surface area contributed by atoms with Gasteiger partial charge in [-0.15, -0.1) is 0 Å². The zero-order valence-electron chi connectivity index (χ0n) is 25.2. The Morgan fingerprint density at radius 3 is 2.39 bits per heavy atom. The summed E-state index contributed by atoms with van der Waals surface area (Å²) in [5.41, 5.74) is 3.55. The largest absolute Gasteiger partial charge is 0.482 e. The molecule has 234 valence electrons. The normalized spacial score (nSPS) is 21.1. The summed E-state index contributed by atoms with van der Waals surface area (Å²) in [5.74, 6) is 0.267. The Labute approximate surface area is 258 Å². The van der Waals surface area contributed by atoms with E-state index in [1.807, 2.05) is 80.6 Å². The second-order valence-electron chi connectivity index (χ2n) is 11.5. The van der Waals surface area contributed by atoms with Crippen LogP contribution in [-0.4, -0.2) is 72.5 Å². The smallest absolute Gasteiger partial charge is 0.407 e. The first-order valence-corrected chi connectivity index (χ1v) is 15.2. The molecule has 2 fully saturated rings. The third-order valence-electron chi connectivity index (χ3n) is 8.15. The number of aryl methyl sites for hydroxylation is 2. The van der Waals surface area contributed by atoms with Gasteiger partial charge in [0.05, 0.1) is 37.0 Å². The van der Waals surface area contributed by atoms with Crippen molar-refractivity contribution in [1.29, 1.82) is 0 Å². The summed E-state index contributed by atoms with van der Waals surface area (Å²) >= 11 is 0. The molecule has 1 aromatic heterocycles. The molecule has 2 aliphatic rings. The van der Waals surface area contributed by atoms with E-state index in [9.17, 15) is 14.7 Å². The van der Waals surface area contributed by atoms with Crippen LogP contribution in [0.5, 0.6) is 5.75 Å². The molecule has 0 spiro atoms. The number of ether oxygens (including phenoxy) is 4. The Morgan fingerprint density at radius 1 is 0.977 bits per heavy atom. The van der Waals surface area contributed by atoms with Crippen molar-refractivity contribution in [2.24, 2.45) is 5.92 Å². The van der Waals surface area contributed by atoms with Crippen molar-refractivity contribution in [3.63, 3.8) is 0 Å². The highest BCUT2D eigenvalue weighted by Crippen LogP contribution is 2.33. The highest BCUT2D eigenvalue weighted by Gasteiger charge is 2.44. The predicted molar refractivity (Wildman–Crippen MR) is 163 cm³/mol. The lowest BCUT2D eigenvalue weighted by atomic mass is 9.93. The first-order chi connectivity index (χ1) is 21.4. The average molecular weight is 604 g/mol. The summed E-state index contributed by atoms with van der Waals surface area (Å²) in [4.78, 5) is 30.4. The number of alkyl carbamates (subject to hydrolysis) is 1.